The molecule has 0 bridgehead atoms. The highest BCUT2D eigenvalue weighted by Crippen LogP contribution is 2.36. The smallest absolute Gasteiger partial charge is 0.167 e. The molecular formula is C13H14Cl2O2. The van der Waals surface area contributed by atoms with E-state index in [2.05, 4.69) is 0 Å². The van der Waals surface area contributed by atoms with Crippen molar-refractivity contribution in [3.63, 3.8) is 0 Å². The van der Waals surface area contributed by atoms with Crippen LogP contribution in [0.4, 0.5) is 0 Å². The van der Waals surface area contributed by atoms with Crippen molar-refractivity contribution in [2.45, 2.75) is 26.2 Å². The van der Waals surface area contributed by atoms with Gasteiger partial charge in [0.25, 0.3) is 0 Å². The Labute approximate surface area is 111 Å². The molecule has 0 saturated heterocycles. The average molecular weight is 273 g/mol. The Balaban J connectivity index is 2.28. The normalized spacial score (nSPS) is 15.5. The minimum atomic E-state index is 0.103. The zero-order chi connectivity index (χ0) is 12.4. The first kappa shape index (κ1) is 12.7. The summed E-state index contributed by atoms with van der Waals surface area (Å²) in [7, 11) is 0. The van der Waals surface area contributed by atoms with Gasteiger partial charge in [-0.2, -0.15) is 0 Å². The third-order valence-corrected chi connectivity index (χ3v) is 3.67. The molecule has 2 rings (SSSR count). The summed E-state index contributed by atoms with van der Waals surface area (Å²) in [4.78, 5) is 12.1. The zero-order valence-electron chi connectivity index (χ0n) is 9.63. The predicted octanol–water partition coefficient (Wildman–Crippen LogP) is 4.37. The van der Waals surface area contributed by atoms with Crippen LogP contribution < -0.4 is 4.74 Å². The van der Waals surface area contributed by atoms with Gasteiger partial charge in [-0.25, -0.2) is 0 Å². The molecule has 1 aromatic rings. The molecule has 2 nitrogen and oxygen atoms in total. The largest absolute Gasteiger partial charge is 0.492 e. The maximum absolute atomic E-state index is 12.1. The van der Waals surface area contributed by atoms with Crippen LogP contribution in [0.3, 0.4) is 0 Å². The fourth-order valence-electron chi connectivity index (χ4n) is 1.87. The van der Waals surface area contributed by atoms with Gasteiger partial charge >= 0.3 is 0 Å². The number of benzene rings is 1. The van der Waals surface area contributed by atoms with Crippen LogP contribution in [0.5, 0.6) is 5.75 Å². The number of hydrogen-bond acceptors (Lipinski definition) is 2. The molecular weight excluding hydrogens is 259 g/mol. The van der Waals surface area contributed by atoms with Crippen LogP contribution in [0.2, 0.25) is 10.0 Å². The van der Waals surface area contributed by atoms with Gasteiger partial charge in [-0.05, 0) is 25.8 Å². The minimum Gasteiger partial charge on any atom is -0.492 e. The van der Waals surface area contributed by atoms with Crippen LogP contribution in [0, 0.1) is 5.92 Å². The number of carbonyl (C=O) groups excluding carboxylic acids is 1. The standard InChI is InChI=1S/C13H14Cl2O2/c1-2-17-12-7-10(14)9(6-11(12)15)13(16)8-4-3-5-8/h6-8H,2-5H2,1H3. The van der Waals surface area contributed by atoms with Crippen LogP contribution in [-0.2, 0) is 0 Å². The molecule has 0 unspecified atom stereocenters. The van der Waals surface area contributed by atoms with Gasteiger partial charge in [0.15, 0.2) is 5.78 Å². The molecule has 1 aromatic carbocycles. The van der Waals surface area contributed by atoms with Crippen LogP contribution in [-0.4, -0.2) is 12.4 Å². The summed E-state index contributed by atoms with van der Waals surface area (Å²) in [6, 6.07) is 3.24. The van der Waals surface area contributed by atoms with Crippen molar-refractivity contribution >= 4 is 29.0 Å². The number of hydrogen-bond donors (Lipinski definition) is 0. The third kappa shape index (κ3) is 2.58. The summed E-state index contributed by atoms with van der Waals surface area (Å²) in [6.45, 7) is 2.39. The quantitative estimate of drug-likeness (QED) is 0.761. The maximum atomic E-state index is 12.1. The summed E-state index contributed by atoms with van der Waals surface area (Å²) in [5.41, 5.74) is 0.518. The summed E-state index contributed by atoms with van der Waals surface area (Å²) >= 11 is 12.2. The molecule has 0 amide bonds. The van der Waals surface area contributed by atoms with Crippen LogP contribution in [0.15, 0.2) is 12.1 Å². The van der Waals surface area contributed by atoms with E-state index in [1.807, 2.05) is 6.92 Å². The van der Waals surface area contributed by atoms with Crippen molar-refractivity contribution < 1.29 is 9.53 Å². The molecule has 1 aliphatic carbocycles. The highest BCUT2D eigenvalue weighted by molar-refractivity contribution is 6.36. The number of Topliss-reactive ketones (excluding diaryl/α,β-unsaturated/α-hetero) is 1. The summed E-state index contributed by atoms with van der Waals surface area (Å²) in [5.74, 6) is 0.761. The monoisotopic (exact) mass is 272 g/mol. The molecule has 0 heterocycles. The van der Waals surface area contributed by atoms with E-state index in [-0.39, 0.29) is 11.7 Å². The molecule has 0 spiro atoms. The lowest BCUT2D eigenvalue weighted by atomic mass is 9.80. The Kier molecular flexibility index (Phi) is 3.95. The lowest BCUT2D eigenvalue weighted by Crippen LogP contribution is -2.22. The minimum absolute atomic E-state index is 0.103. The third-order valence-electron chi connectivity index (χ3n) is 3.06. The first-order valence-corrected chi connectivity index (χ1v) is 6.55. The van der Waals surface area contributed by atoms with E-state index in [0.717, 1.165) is 19.3 Å². The van der Waals surface area contributed by atoms with Crippen molar-refractivity contribution in [3.8, 4) is 5.75 Å². The molecule has 0 aliphatic heterocycles. The van der Waals surface area contributed by atoms with Crippen molar-refractivity contribution in [2.75, 3.05) is 6.61 Å². The SMILES string of the molecule is CCOc1cc(Cl)c(C(=O)C2CCC2)cc1Cl. The van der Waals surface area contributed by atoms with Gasteiger partial charge in [0.2, 0.25) is 0 Å². The second-order valence-electron chi connectivity index (χ2n) is 4.19. The van der Waals surface area contributed by atoms with Crippen molar-refractivity contribution in [2.24, 2.45) is 5.92 Å². The predicted molar refractivity (Wildman–Crippen MR) is 69.3 cm³/mol. The van der Waals surface area contributed by atoms with E-state index < -0.39 is 0 Å². The number of ketones is 1. The van der Waals surface area contributed by atoms with Gasteiger partial charge in [0.05, 0.1) is 16.7 Å². The molecule has 0 N–H and O–H groups in total. The van der Waals surface area contributed by atoms with Crippen molar-refractivity contribution in [1.29, 1.82) is 0 Å². The highest BCUT2D eigenvalue weighted by Gasteiger charge is 2.28. The summed E-state index contributed by atoms with van der Waals surface area (Å²) in [6.07, 6.45) is 3.04. The topological polar surface area (TPSA) is 26.3 Å². The highest BCUT2D eigenvalue weighted by atomic mass is 35.5. The first-order chi connectivity index (χ1) is 8.13. The molecule has 4 heteroatoms. The van der Waals surface area contributed by atoms with Gasteiger partial charge in [0, 0.05) is 17.5 Å². The van der Waals surface area contributed by atoms with Gasteiger partial charge in [-0.15, -0.1) is 0 Å². The van der Waals surface area contributed by atoms with Crippen molar-refractivity contribution in [3.05, 3.63) is 27.7 Å². The van der Waals surface area contributed by atoms with Crippen molar-refractivity contribution in [1.82, 2.24) is 0 Å². The van der Waals surface area contributed by atoms with Gasteiger partial charge in [-0.1, -0.05) is 29.6 Å². The van der Waals surface area contributed by atoms with E-state index in [4.69, 9.17) is 27.9 Å². The second-order valence-corrected chi connectivity index (χ2v) is 5.00. The fraction of sp³-hybridized carbons (Fsp3) is 0.462. The maximum Gasteiger partial charge on any atom is 0.167 e. The second kappa shape index (κ2) is 5.28. The van der Waals surface area contributed by atoms with Gasteiger partial charge in [-0.3, -0.25) is 4.79 Å². The van der Waals surface area contributed by atoms with E-state index in [1.165, 1.54) is 0 Å². The molecule has 1 fully saturated rings. The van der Waals surface area contributed by atoms with E-state index in [1.54, 1.807) is 12.1 Å². The summed E-state index contributed by atoms with van der Waals surface area (Å²) in [5, 5.41) is 0.869. The summed E-state index contributed by atoms with van der Waals surface area (Å²) < 4.78 is 5.33. The fourth-order valence-corrected chi connectivity index (χ4v) is 2.34. The average Bonchev–Trinajstić information content (AvgIpc) is 2.20. The van der Waals surface area contributed by atoms with Crippen LogP contribution in [0.1, 0.15) is 36.5 Å². The lowest BCUT2D eigenvalue weighted by molar-refractivity contribution is 0.0855. The Morgan fingerprint density at radius 3 is 2.59 bits per heavy atom. The molecule has 0 radical (unpaired) electrons. The van der Waals surface area contributed by atoms with E-state index in [0.29, 0.717) is 28.0 Å². The Morgan fingerprint density at radius 1 is 1.35 bits per heavy atom. The molecule has 17 heavy (non-hydrogen) atoms. The number of rotatable bonds is 4. The molecule has 0 aromatic heterocycles. The molecule has 1 aliphatic rings. The molecule has 1 saturated carbocycles. The molecule has 92 valence electrons. The number of ether oxygens (including phenoxy) is 1. The van der Waals surface area contributed by atoms with E-state index in [9.17, 15) is 4.79 Å². The Hall–Kier alpha value is -0.730. The van der Waals surface area contributed by atoms with Gasteiger partial charge in [0.1, 0.15) is 5.75 Å². The molecule has 0 atom stereocenters. The Morgan fingerprint density at radius 2 is 2.06 bits per heavy atom. The van der Waals surface area contributed by atoms with Crippen LogP contribution in [0.25, 0.3) is 0 Å². The first-order valence-electron chi connectivity index (χ1n) is 5.79. The lowest BCUT2D eigenvalue weighted by Gasteiger charge is -2.24. The Bertz CT molecular complexity index is 439. The zero-order valence-corrected chi connectivity index (χ0v) is 11.1. The number of carbonyl (C=O) groups is 1. The van der Waals surface area contributed by atoms with Crippen LogP contribution >= 0.6 is 23.2 Å². The van der Waals surface area contributed by atoms with E-state index >= 15 is 0 Å². The number of halogens is 2. The van der Waals surface area contributed by atoms with Gasteiger partial charge < -0.3 is 4.74 Å².